The Labute approximate surface area is 91.4 Å². The molecule has 0 radical (unpaired) electrons. The molecule has 0 fully saturated rings. The molecule has 0 aliphatic carbocycles. The van der Waals surface area contributed by atoms with Gasteiger partial charge in [0.05, 0.1) is 11.1 Å². The summed E-state index contributed by atoms with van der Waals surface area (Å²) in [5.41, 5.74) is 0. The van der Waals surface area contributed by atoms with E-state index in [-0.39, 0.29) is 5.82 Å². The van der Waals surface area contributed by atoms with Crippen molar-refractivity contribution < 1.29 is 9.13 Å². The van der Waals surface area contributed by atoms with Gasteiger partial charge in [-0.1, -0.05) is 0 Å². The summed E-state index contributed by atoms with van der Waals surface area (Å²) in [6.07, 6.45) is 6.54. The minimum absolute atomic E-state index is 0.305. The van der Waals surface area contributed by atoms with Crippen LogP contribution in [0.4, 0.5) is 4.39 Å². The molecule has 0 aliphatic rings. The van der Waals surface area contributed by atoms with Crippen LogP contribution >= 0.6 is 15.9 Å². The van der Waals surface area contributed by atoms with Crippen molar-refractivity contribution in [3.05, 3.63) is 28.5 Å². The first-order valence-corrected chi connectivity index (χ1v) is 5.04. The maximum absolute atomic E-state index is 12.8. The van der Waals surface area contributed by atoms with E-state index >= 15 is 0 Å². The van der Waals surface area contributed by atoms with Crippen molar-refractivity contribution in [2.24, 2.45) is 0 Å². The topological polar surface area (TPSA) is 9.23 Å². The fourth-order valence-corrected chi connectivity index (χ4v) is 1.31. The third kappa shape index (κ3) is 3.39. The monoisotopic (exact) mass is 256 g/mol. The van der Waals surface area contributed by atoms with Crippen LogP contribution in [0.1, 0.15) is 12.8 Å². The summed E-state index contributed by atoms with van der Waals surface area (Å²) in [7, 11) is 0. The summed E-state index contributed by atoms with van der Waals surface area (Å²) in [5.74, 6) is 2.72. The lowest BCUT2D eigenvalue weighted by Crippen LogP contribution is -1.97. The fraction of sp³-hybridized carbons (Fsp3) is 0.273. The van der Waals surface area contributed by atoms with Gasteiger partial charge in [0.2, 0.25) is 0 Å². The van der Waals surface area contributed by atoms with Crippen molar-refractivity contribution in [1.29, 1.82) is 0 Å². The predicted molar refractivity (Wildman–Crippen MR) is 57.7 cm³/mol. The minimum Gasteiger partial charge on any atom is -0.492 e. The number of halogens is 2. The Morgan fingerprint density at radius 3 is 3.00 bits per heavy atom. The van der Waals surface area contributed by atoms with E-state index in [1.807, 2.05) is 0 Å². The number of terminal acetylenes is 1. The van der Waals surface area contributed by atoms with Gasteiger partial charge in [-0.15, -0.1) is 12.3 Å². The van der Waals surface area contributed by atoms with Crippen molar-refractivity contribution in [3.8, 4) is 18.1 Å². The second-order valence-corrected chi connectivity index (χ2v) is 3.59. The molecular weight excluding hydrogens is 247 g/mol. The minimum atomic E-state index is -0.305. The lowest BCUT2D eigenvalue weighted by atomic mass is 10.3. The smallest absolute Gasteiger partial charge is 0.136 e. The Bertz CT molecular complexity index is 344. The van der Waals surface area contributed by atoms with Crippen LogP contribution in [0.15, 0.2) is 22.7 Å². The summed E-state index contributed by atoms with van der Waals surface area (Å²) in [5, 5.41) is 0. The van der Waals surface area contributed by atoms with Gasteiger partial charge in [0, 0.05) is 12.5 Å². The second-order valence-electron chi connectivity index (χ2n) is 2.73. The fourth-order valence-electron chi connectivity index (χ4n) is 0.944. The molecule has 0 bridgehead atoms. The Hall–Kier alpha value is -1.01. The summed E-state index contributed by atoms with van der Waals surface area (Å²) >= 11 is 3.27. The molecule has 1 nitrogen and oxygen atoms in total. The third-order valence-electron chi connectivity index (χ3n) is 1.62. The average Bonchev–Trinajstić information content (AvgIpc) is 2.18. The first-order valence-electron chi connectivity index (χ1n) is 4.25. The van der Waals surface area contributed by atoms with Gasteiger partial charge >= 0.3 is 0 Å². The molecule has 0 saturated heterocycles. The van der Waals surface area contributed by atoms with Gasteiger partial charge in [-0.25, -0.2) is 4.39 Å². The van der Waals surface area contributed by atoms with Crippen molar-refractivity contribution in [2.45, 2.75) is 12.8 Å². The molecule has 0 aromatic heterocycles. The highest BCUT2D eigenvalue weighted by atomic mass is 79.9. The van der Waals surface area contributed by atoms with Crippen LogP contribution in [-0.4, -0.2) is 6.61 Å². The van der Waals surface area contributed by atoms with Crippen LogP contribution in [0.25, 0.3) is 0 Å². The van der Waals surface area contributed by atoms with E-state index in [0.29, 0.717) is 18.8 Å². The lowest BCUT2D eigenvalue weighted by Gasteiger charge is -2.06. The van der Waals surface area contributed by atoms with Gasteiger partial charge in [-0.2, -0.15) is 0 Å². The number of rotatable bonds is 4. The molecule has 0 spiro atoms. The molecule has 0 aliphatic heterocycles. The van der Waals surface area contributed by atoms with Crippen LogP contribution in [-0.2, 0) is 0 Å². The Kier molecular flexibility index (Phi) is 4.48. The van der Waals surface area contributed by atoms with Crippen molar-refractivity contribution in [2.75, 3.05) is 6.61 Å². The van der Waals surface area contributed by atoms with Crippen molar-refractivity contribution >= 4 is 15.9 Å². The molecule has 1 aromatic carbocycles. The van der Waals surface area contributed by atoms with Crippen LogP contribution in [0.2, 0.25) is 0 Å². The largest absolute Gasteiger partial charge is 0.492 e. The number of benzene rings is 1. The summed E-state index contributed by atoms with van der Waals surface area (Å²) in [4.78, 5) is 0. The molecule has 0 saturated carbocycles. The highest BCUT2D eigenvalue weighted by Gasteiger charge is 2.01. The van der Waals surface area contributed by atoms with Gasteiger partial charge in [-0.3, -0.25) is 0 Å². The molecule has 0 atom stereocenters. The molecule has 0 amide bonds. The molecular formula is C11H10BrFO. The molecule has 3 heteroatoms. The van der Waals surface area contributed by atoms with E-state index in [9.17, 15) is 4.39 Å². The average molecular weight is 257 g/mol. The Morgan fingerprint density at radius 2 is 2.29 bits per heavy atom. The molecule has 0 heterocycles. The molecule has 0 unspecified atom stereocenters. The van der Waals surface area contributed by atoms with E-state index in [1.54, 1.807) is 6.07 Å². The third-order valence-corrected chi connectivity index (χ3v) is 2.27. The van der Waals surface area contributed by atoms with E-state index in [2.05, 4.69) is 21.9 Å². The maximum atomic E-state index is 12.8. The molecule has 0 N–H and O–H groups in total. The molecule has 1 rings (SSSR count). The van der Waals surface area contributed by atoms with Crippen LogP contribution in [0.3, 0.4) is 0 Å². The molecule has 14 heavy (non-hydrogen) atoms. The van der Waals surface area contributed by atoms with Gasteiger partial charge < -0.3 is 4.74 Å². The standard InChI is InChI=1S/C11H10BrFO/c1-2-3-4-7-14-11-8-9(13)5-6-10(11)12/h1,5-6,8H,3-4,7H2. The van der Waals surface area contributed by atoms with Gasteiger partial charge in [0.25, 0.3) is 0 Å². The van der Waals surface area contributed by atoms with Gasteiger partial charge in [0.15, 0.2) is 0 Å². The quantitative estimate of drug-likeness (QED) is 0.593. The highest BCUT2D eigenvalue weighted by Crippen LogP contribution is 2.25. The predicted octanol–water partition coefficient (Wildman–Crippen LogP) is 3.38. The van der Waals surface area contributed by atoms with Gasteiger partial charge in [-0.05, 0) is 34.5 Å². The van der Waals surface area contributed by atoms with E-state index in [0.717, 1.165) is 10.9 Å². The second kappa shape index (κ2) is 5.66. The number of ether oxygens (including phenoxy) is 1. The Balaban J connectivity index is 2.50. The van der Waals surface area contributed by atoms with E-state index in [1.165, 1.54) is 12.1 Å². The van der Waals surface area contributed by atoms with Gasteiger partial charge in [0.1, 0.15) is 11.6 Å². The maximum Gasteiger partial charge on any atom is 0.136 e. The Morgan fingerprint density at radius 1 is 1.50 bits per heavy atom. The lowest BCUT2D eigenvalue weighted by molar-refractivity contribution is 0.309. The van der Waals surface area contributed by atoms with Crippen molar-refractivity contribution in [3.63, 3.8) is 0 Å². The SMILES string of the molecule is C#CCCCOc1cc(F)ccc1Br. The number of hydrogen-bond acceptors (Lipinski definition) is 1. The highest BCUT2D eigenvalue weighted by molar-refractivity contribution is 9.10. The zero-order valence-corrected chi connectivity index (χ0v) is 9.18. The van der Waals surface area contributed by atoms with Crippen LogP contribution < -0.4 is 4.74 Å². The first kappa shape index (κ1) is 11.1. The van der Waals surface area contributed by atoms with Crippen LogP contribution in [0.5, 0.6) is 5.75 Å². The normalized spacial score (nSPS) is 9.50. The number of unbranched alkanes of at least 4 members (excludes halogenated alkanes) is 1. The van der Waals surface area contributed by atoms with E-state index in [4.69, 9.17) is 11.2 Å². The number of hydrogen-bond donors (Lipinski definition) is 0. The zero-order chi connectivity index (χ0) is 10.4. The first-order chi connectivity index (χ1) is 6.74. The summed E-state index contributed by atoms with van der Waals surface area (Å²) < 4.78 is 18.9. The summed E-state index contributed by atoms with van der Waals surface area (Å²) in [6.45, 7) is 0.506. The van der Waals surface area contributed by atoms with Crippen molar-refractivity contribution in [1.82, 2.24) is 0 Å². The van der Waals surface area contributed by atoms with E-state index < -0.39 is 0 Å². The van der Waals surface area contributed by atoms with Crippen LogP contribution in [0, 0.1) is 18.2 Å². The summed E-state index contributed by atoms with van der Waals surface area (Å²) in [6, 6.07) is 4.34. The molecule has 74 valence electrons. The molecule has 1 aromatic rings. The zero-order valence-electron chi connectivity index (χ0n) is 7.59.